The SMILES string of the molecule is COC(=O)[C@H](CS)Nc1ccn(C2O[C@@](COC(=O)c3cccc(Cl)c3)(N=[N+]=[N-])C(OC(=O)c3ccccc3)[C@@H]2F)c(=O)n1. The van der Waals surface area contributed by atoms with Crippen molar-refractivity contribution in [1.82, 2.24) is 9.55 Å². The van der Waals surface area contributed by atoms with Gasteiger partial charge >= 0.3 is 23.6 Å². The largest absolute Gasteiger partial charge is 0.467 e. The second-order valence-corrected chi connectivity index (χ2v) is 9.97. The number of hydrogen-bond acceptors (Lipinski definition) is 12. The molecule has 0 saturated carbocycles. The van der Waals surface area contributed by atoms with E-state index in [9.17, 15) is 24.7 Å². The molecule has 0 amide bonds. The fourth-order valence-corrected chi connectivity index (χ4v) is 4.65. The minimum atomic E-state index is -2.46. The first-order valence-electron chi connectivity index (χ1n) is 12.7. The fourth-order valence-electron chi connectivity index (χ4n) is 4.22. The maximum absolute atomic E-state index is 16.2. The van der Waals surface area contributed by atoms with Crippen LogP contribution in [-0.4, -0.2) is 71.0 Å². The molecule has 1 saturated heterocycles. The van der Waals surface area contributed by atoms with Crippen LogP contribution in [0.25, 0.3) is 10.4 Å². The number of azide groups is 1. The van der Waals surface area contributed by atoms with Gasteiger partial charge < -0.3 is 24.3 Å². The summed E-state index contributed by atoms with van der Waals surface area (Å²) in [4.78, 5) is 57.2. The molecule has 14 nitrogen and oxygen atoms in total. The number of nitrogens with one attached hydrogen (secondary N) is 1. The molecule has 230 valence electrons. The average molecular weight is 647 g/mol. The zero-order chi connectivity index (χ0) is 31.9. The molecule has 17 heteroatoms. The quantitative estimate of drug-likeness (QED) is 0.0777. The zero-order valence-electron chi connectivity index (χ0n) is 22.8. The predicted octanol–water partition coefficient (Wildman–Crippen LogP) is 3.74. The minimum Gasteiger partial charge on any atom is -0.467 e. The highest BCUT2D eigenvalue weighted by atomic mass is 35.5. The summed E-state index contributed by atoms with van der Waals surface area (Å²) in [7, 11) is 1.17. The van der Waals surface area contributed by atoms with Crippen LogP contribution in [0, 0.1) is 0 Å². The molecule has 1 fully saturated rings. The Morgan fingerprint density at radius 1 is 1.20 bits per heavy atom. The topological polar surface area (TPSA) is 184 Å². The van der Waals surface area contributed by atoms with Crippen LogP contribution in [0.1, 0.15) is 26.9 Å². The smallest absolute Gasteiger partial charge is 0.351 e. The number of thiol groups is 1. The molecule has 2 heterocycles. The van der Waals surface area contributed by atoms with Crippen LogP contribution >= 0.6 is 24.2 Å². The lowest BCUT2D eigenvalue weighted by atomic mass is 10.1. The summed E-state index contributed by atoms with van der Waals surface area (Å²) in [6.45, 7) is -0.920. The zero-order valence-corrected chi connectivity index (χ0v) is 24.4. The van der Waals surface area contributed by atoms with Gasteiger partial charge in [-0.25, -0.2) is 23.6 Å². The summed E-state index contributed by atoms with van der Waals surface area (Å²) >= 11 is 10.0. The van der Waals surface area contributed by atoms with E-state index in [-0.39, 0.29) is 27.7 Å². The maximum Gasteiger partial charge on any atom is 0.351 e. The third-order valence-corrected chi connectivity index (χ3v) is 6.95. The molecule has 4 rings (SSSR count). The Bertz CT molecular complexity index is 1640. The van der Waals surface area contributed by atoms with Gasteiger partial charge in [-0.1, -0.05) is 41.0 Å². The van der Waals surface area contributed by atoms with Crippen LogP contribution in [0.5, 0.6) is 0 Å². The number of esters is 3. The van der Waals surface area contributed by atoms with Gasteiger partial charge in [-0.05, 0) is 41.9 Å². The lowest BCUT2D eigenvalue weighted by Crippen LogP contribution is -2.47. The summed E-state index contributed by atoms with van der Waals surface area (Å²) < 4.78 is 38.1. The molecule has 0 bridgehead atoms. The predicted molar refractivity (Wildman–Crippen MR) is 156 cm³/mol. The van der Waals surface area contributed by atoms with Crippen LogP contribution in [0.15, 0.2) is 76.8 Å². The number of alkyl halides is 1. The van der Waals surface area contributed by atoms with E-state index < -0.39 is 60.5 Å². The van der Waals surface area contributed by atoms with Crippen molar-refractivity contribution in [2.75, 3.05) is 24.8 Å². The molecular weight excluding hydrogens is 623 g/mol. The first kappa shape index (κ1) is 32.3. The van der Waals surface area contributed by atoms with Crippen molar-refractivity contribution in [3.8, 4) is 0 Å². The number of methoxy groups -OCH3 is 1. The van der Waals surface area contributed by atoms with E-state index in [0.29, 0.717) is 0 Å². The van der Waals surface area contributed by atoms with Crippen molar-refractivity contribution >= 4 is 48.0 Å². The average Bonchev–Trinajstić information content (AvgIpc) is 3.29. The van der Waals surface area contributed by atoms with E-state index in [1.165, 1.54) is 49.6 Å². The van der Waals surface area contributed by atoms with Gasteiger partial charge in [0.1, 0.15) is 18.5 Å². The van der Waals surface area contributed by atoms with E-state index in [2.05, 4.69) is 37.7 Å². The first-order valence-corrected chi connectivity index (χ1v) is 13.7. The van der Waals surface area contributed by atoms with Crippen molar-refractivity contribution in [3.05, 3.63) is 104 Å². The fraction of sp³-hybridized carbons (Fsp3) is 0.296. The third kappa shape index (κ3) is 7.11. The van der Waals surface area contributed by atoms with Crippen LogP contribution in [0.2, 0.25) is 5.02 Å². The van der Waals surface area contributed by atoms with Gasteiger partial charge in [-0.2, -0.15) is 17.6 Å². The summed E-state index contributed by atoms with van der Waals surface area (Å²) in [6.07, 6.45) is -5.10. The Labute approximate surface area is 259 Å². The van der Waals surface area contributed by atoms with Gasteiger partial charge in [0.25, 0.3) is 0 Å². The number of carbonyl (C=O) groups excluding carboxylic acids is 3. The van der Waals surface area contributed by atoms with E-state index in [4.69, 9.17) is 25.8 Å². The van der Waals surface area contributed by atoms with Gasteiger partial charge in [0.2, 0.25) is 5.72 Å². The monoisotopic (exact) mass is 646 g/mol. The normalized spacial score (nSPS) is 21.4. The minimum absolute atomic E-state index is 0.00673. The second-order valence-electron chi connectivity index (χ2n) is 9.17. The summed E-state index contributed by atoms with van der Waals surface area (Å²) in [5.41, 5.74) is 5.95. The molecule has 2 aromatic carbocycles. The molecule has 3 aromatic rings. The van der Waals surface area contributed by atoms with Gasteiger partial charge in [0.05, 0.1) is 18.2 Å². The molecule has 5 atom stereocenters. The lowest BCUT2D eigenvalue weighted by Gasteiger charge is -2.28. The highest BCUT2D eigenvalue weighted by molar-refractivity contribution is 7.80. The van der Waals surface area contributed by atoms with E-state index in [1.807, 2.05) is 0 Å². The second kappa shape index (κ2) is 14.2. The molecular formula is C27H24ClFN6O8S. The molecule has 0 aliphatic carbocycles. The standard InChI is InChI=1S/C27H24ClFN6O8S/c1-40-25(38)18(13-44)31-19-10-11-35(26(39)32-19)22-20(29)21(42-24(37)15-6-3-2-4-7-15)27(43-22,33-34-30)14-41-23(36)16-8-5-9-17(28)12-16/h2-12,18,20-22,44H,13-14H2,1H3,(H,31,32,39)/t18-,20-,21?,22?,27+/m0/s1. The molecule has 1 aliphatic rings. The van der Waals surface area contributed by atoms with Crippen molar-refractivity contribution in [1.29, 1.82) is 0 Å². The number of rotatable bonds is 11. The molecule has 2 unspecified atom stereocenters. The van der Waals surface area contributed by atoms with Crippen LogP contribution in [0.3, 0.4) is 0 Å². The maximum atomic E-state index is 16.2. The van der Waals surface area contributed by atoms with Gasteiger partial charge in [-0.15, -0.1) is 0 Å². The molecule has 1 N–H and O–H groups in total. The van der Waals surface area contributed by atoms with E-state index in [0.717, 1.165) is 10.8 Å². The van der Waals surface area contributed by atoms with Crippen LogP contribution in [-0.2, 0) is 23.7 Å². The molecule has 0 radical (unpaired) electrons. The van der Waals surface area contributed by atoms with Gasteiger partial charge in [-0.3, -0.25) is 4.57 Å². The molecule has 1 aliphatic heterocycles. The number of benzene rings is 2. The Morgan fingerprint density at radius 3 is 2.57 bits per heavy atom. The number of hydrogen-bond donors (Lipinski definition) is 2. The van der Waals surface area contributed by atoms with Crippen molar-refractivity contribution in [2.24, 2.45) is 5.11 Å². The number of anilines is 1. The molecule has 44 heavy (non-hydrogen) atoms. The Morgan fingerprint density at radius 2 is 1.93 bits per heavy atom. The molecule has 1 aromatic heterocycles. The Balaban J connectivity index is 1.68. The van der Waals surface area contributed by atoms with Crippen LogP contribution < -0.4 is 11.0 Å². The van der Waals surface area contributed by atoms with Crippen molar-refractivity contribution in [3.63, 3.8) is 0 Å². The molecule has 0 spiro atoms. The van der Waals surface area contributed by atoms with Gasteiger partial charge in [0, 0.05) is 21.9 Å². The Hall–Kier alpha value is -4.63. The summed E-state index contributed by atoms with van der Waals surface area (Å²) in [5, 5.41) is 6.46. The highest BCUT2D eigenvalue weighted by Gasteiger charge is 2.60. The van der Waals surface area contributed by atoms with Crippen molar-refractivity contribution in [2.45, 2.75) is 30.3 Å². The number of carbonyl (C=O) groups is 3. The lowest BCUT2D eigenvalue weighted by molar-refractivity contribution is -0.140. The highest BCUT2D eigenvalue weighted by Crippen LogP contribution is 2.42. The van der Waals surface area contributed by atoms with E-state index in [1.54, 1.807) is 18.2 Å². The van der Waals surface area contributed by atoms with Crippen LogP contribution in [0.4, 0.5) is 10.2 Å². The summed E-state index contributed by atoms with van der Waals surface area (Å²) in [5.74, 6) is -2.66. The van der Waals surface area contributed by atoms with E-state index >= 15 is 4.39 Å². The Kier molecular flexibility index (Phi) is 10.4. The first-order chi connectivity index (χ1) is 21.1. The number of nitrogens with zero attached hydrogens (tertiary/aromatic N) is 5. The van der Waals surface area contributed by atoms with Crippen molar-refractivity contribution < 1.29 is 37.7 Å². The van der Waals surface area contributed by atoms with Gasteiger partial charge in [0.15, 0.2) is 18.5 Å². The summed E-state index contributed by atoms with van der Waals surface area (Å²) in [6, 6.07) is 13.6. The number of aromatic nitrogens is 2. The number of ether oxygens (including phenoxy) is 4. The number of halogens is 2. The third-order valence-electron chi connectivity index (χ3n) is 6.35.